The molecule has 1 heterocycles. The molecule has 1 aromatic heterocycles. The van der Waals surface area contributed by atoms with Gasteiger partial charge in [0.25, 0.3) is 0 Å². The lowest BCUT2D eigenvalue weighted by molar-refractivity contribution is 0.604. The quantitative estimate of drug-likeness (QED) is 0.686. The molecule has 0 amide bonds. The maximum Gasteiger partial charge on any atom is 0.113 e. The zero-order chi connectivity index (χ0) is 9.80. The van der Waals surface area contributed by atoms with Gasteiger partial charge in [0.1, 0.15) is 5.69 Å². The molecule has 3 nitrogen and oxygen atoms in total. The van der Waals surface area contributed by atoms with Crippen LogP contribution in [0, 0.1) is 0 Å². The first-order valence-electron chi connectivity index (χ1n) is 4.46. The predicted molar refractivity (Wildman–Crippen MR) is 55.7 cm³/mol. The number of rotatable bonds is 3. The molecule has 2 aromatic rings. The highest BCUT2D eigenvalue weighted by atomic mass is 15.5. The topological polar surface area (TPSA) is 30.7 Å². The minimum Gasteiger partial charge on any atom is -0.180 e. The third-order valence-electron chi connectivity index (χ3n) is 1.90. The molecule has 0 bridgehead atoms. The summed E-state index contributed by atoms with van der Waals surface area (Å²) in [5.74, 6) is 0. The maximum absolute atomic E-state index is 4.30. The Morgan fingerprint density at radius 1 is 1.29 bits per heavy atom. The standard InChI is InChI=1S/C11H11N3/c1-2-8-14-12-9-11(13-14)10-6-4-3-5-7-10/h2-7,9H,1,8H2. The van der Waals surface area contributed by atoms with Crippen molar-refractivity contribution < 1.29 is 0 Å². The normalized spacial score (nSPS) is 10.0. The molecule has 1 aromatic carbocycles. The zero-order valence-electron chi connectivity index (χ0n) is 7.80. The van der Waals surface area contributed by atoms with Gasteiger partial charge < -0.3 is 0 Å². The fraction of sp³-hybridized carbons (Fsp3) is 0.0909. The van der Waals surface area contributed by atoms with Crippen molar-refractivity contribution in [1.82, 2.24) is 15.0 Å². The number of allylic oxidation sites excluding steroid dienone is 1. The predicted octanol–water partition coefficient (Wildman–Crippen LogP) is 2.13. The largest absolute Gasteiger partial charge is 0.180 e. The van der Waals surface area contributed by atoms with E-state index in [1.165, 1.54) is 0 Å². The molecule has 0 aliphatic carbocycles. The molecular weight excluding hydrogens is 174 g/mol. The Morgan fingerprint density at radius 3 is 2.79 bits per heavy atom. The van der Waals surface area contributed by atoms with E-state index in [9.17, 15) is 0 Å². The third kappa shape index (κ3) is 1.71. The van der Waals surface area contributed by atoms with Gasteiger partial charge in [0, 0.05) is 5.56 Å². The van der Waals surface area contributed by atoms with Crippen LogP contribution in [0.5, 0.6) is 0 Å². The van der Waals surface area contributed by atoms with Gasteiger partial charge in [-0.05, 0) is 0 Å². The number of benzene rings is 1. The van der Waals surface area contributed by atoms with Crippen molar-refractivity contribution in [2.75, 3.05) is 0 Å². The van der Waals surface area contributed by atoms with E-state index in [1.54, 1.807) is 17.1 Å². The van der Waals surface area contributed by atoms with Crippen LogP contribution in [0.25, 0.3) is 11.3 Å². The lowest BCUT2D eigenvalue weighted by Crippen LogP contribution is -1.98. The summed E-state index contributed by atoms with van der Waals surface area (Å²) in [6, 6.07) is 9.99. The smallest absolute Gasteiger partial charge is 0.113 e. The molecular formula is C11H11N3. The van der Waals surface area contributed by atoms with Gasteiger partial charge in [-0.15, -0.1) is 6.58 Å². The van der Waals surface area contributed by atoms with Crippen LogP contribution >= 0.6 is 0 Å². The van der Waals surface area contributed by atoms with Crippen LogP contribution in [0.4, 0.5) is 0 Å². The van der Waals surface area contributed by atoms with E-state index >= 15 is 0 Å². The van der Waals surface area contributed by atoms with Crippen molar-refractivity contribution in [2.24, 2.45) is 0 Å². The van der Waals surface area contributed by atoms with E-state index in [-0.39, 0.29) is 0 Å². The van der Waals surface area contributed by atoms with E-state index in [0.717, 1.165) is 11.3 Å². The van der Waals surface area contributed by atoms with Gasteiger partial charge in [0.15, 0.2) is 0 Å². The average molecular weight is 185 g/mol. The molecule has 3 heteroatoms. The lowest BCUT2D eigenvalue weighted by atomic mass is 10.2. The highest BCUT2D eigenvalue weighted by Crippen LogP contribution is 2.14. The maximum atomic E-state index is 4.30. The minimum absolute atomic E-state index is 0.646. The Labute approximate surface area is 82.7 Å². The van der Waals surface area contributed by atoms with Crippen LogP contribution in [0.15, 0.2) is 49.2 Å². The summed E-state index contributed by atoms with van der Waals surface area (Å²) in [7, 11) is 0. The van der Waals surface area contributed by atoms with Crippen LogP contribution in [0.1, 0.15) is 0 Å². The molecule has 0 saturated carbocycles. The SMILES string of the molecule is C=CCn1ncc(-c2ccccc2)n1. The Balaban J connectivity index is 2.29. The van der Waals surface area contributed by atoms with E-state index in [0.29, 0.717) is 6.54 Å². The first-order chi connectivity index (χ1) is 6.90. The van der Waals surface area contributed by atoms with E-state index in [4.69, 9.17) is 0 Å². The highest BCUT2D eigenvalue weighted by molar-refractivity contribution is 5.56. The van der Waals surface area contributed by atoms with E-state index < -0.39 is 0 Å². The first-order valence-corrected chi connectivity index (χ1v) is 4.46. The van der Waals surface area contributed by atoms with Crippen molar-refractivity contribution in [3.05, 3.63) is 49.2 Å². The van der Waals surface area contributed by atoms with Gasteiger partial charge in [-0.1, -0.05) is 36.4 Å². The van der Waals surface area contributed by atoms with Crippen molar-refractivity contribution >= 4 is 0 Å². The van der Waals surface area contributed by atoms with Crippen molar-refractivity contribution in [3.63, 3.8) is 0 Å². The fourth-order valence-corrected chi connectivity index (χ4v) is 1.24. The van der Waals surface area contributed by atoms with E-state index in [2.05, 4.69) is 16.8 Å². The second-order valence-corrected chi connectivity index (χ2v) is 2.94. The Hall–Kier alpha value is -1.90. The lowest BCUT2D eigenvalue weighted by Gasteiger charge is -1.93. The van der Waals surface area contributed by atoms with Gasteiger partial charge in [0.2, 0.25) is 0 Å². The summed E-state index contributed by atoms with van der Waals surface area (Å²) in [5.41, 5.74) is 1.98. The molecule has 0 saturated heterocycles. The van der Waals surface area contributed by atoms with Crippen LogP contribution in [-0.2, 0) is 6.54 Å². The summed E-state index contributed by atoms with van der Waals surface area (Å²) in [4.78, 5) is 1.62. The summed E-state index contributed by atoms with van der Waals surface area (Å²) in [6.45, 7) is 4.28. The molecule has 0 spiro atoms. The second kappa shape index (κ2) is 3.87. The monoisotopic (exact) mass is 185 g/mol. The van der Waals surface area contributed by atoms with Crippen molar-refractivity contribution in [1.29, 1.82) is 0 Å². The molecule has 2 rings (SSSR count). The average Bonchev–Trinajstić information content (AvgIpc) is 2.68. The molecule has 0 unspecified atom stereocenters. The van der Waals surface area contributed by atoms with Gasteiger partial charge in [-0.3, -0.25) is 0 Å². The van der Waals surface area contributed by atoms with Gasteiger partial charge in [0.05, 0.1) is 12.7 Å². The second-order valence-electron chi connectivity index (χ2n) is 2.94. The van der Waals surface area contributed by atoms with Gasteiger partial charge in [-0.2, -0.15) is 15.0 Å². The number of aromatic nitrogens is 3. The van der Waals surface area contributed by atoms with Crippen LogP contribution < -0.4 is 0 Å². The molecule has 0 aliphatic rings. The van der Waals surface area contributed by atoms with Crippen LogP contribution in [0.2, 0.25) is 0 Å². The van der Waals surface area contributed by atoms with Crippen molar-refractivity contribution in [2.45, 2.75) is 6.54 Å². The highest BCUT2D eigenvalue weighted by Gasteiger charge is 2.00. The zero-order valence-corrected chi connectivity index (χ0v) is 7.80. The first kappa shape index (κ1) is 8.69. The number of hydrogen-bond acceptors (Lipinski definition) is 2. The number of nitrogens with zero attached hydrogens (tertiary/aromatic N) is 3. The van der Waals surface area contributed by atoms with Gasteiger partial charge in [-0.25, -0.2) is 0 Å². The summed E-state index contributed by atoms with van der Waals surface area (Å²) in [5, 5.41) is 8.42. The molecule has 0 N–H and O–H groups in total. The van der Waals surface area contributed by atoms with Crippen LogP contribution in [0.3, 0.4) is 0 Å². The molecule has 0 aliphatic heterocycles. The van der Waals surface area contributed by atoms with Gasteiger partial charge >= 0.3 is 0 Å². The summed E-state index contributed by atoms with van der Waals surface area (Å²) < 4.78 is 0. The molecule has 14 heavy (non-hydrogen) atoms. The Morgan fingerprint density at radius 2 is 2.07 bits per heavy atom. The summed E-state index contributed by atoms with van der Waals surface area (Å²) >= 11 is 0. The molecule has 70 valence electrons. The molecule has 0 fully saturated rings. The Kier molecular flexibility index (Phi) is 2.40. The minimum atomic E-state index is 0.646. The number of hydrogen-bond donors (Lipinski definition) is 0. The fourth-order valence-electron chi connectivity index (χ4n) is 1.24. The van der Waals surface area contributed by atoms with E-state index in [1.807, 2.05) is 30.3 Å². The molecule has 0 radical (unpaired) electrons. The third-order valence-corrected chi connectivity index (χ3v) is 1.90. The summed E-state index contributed by atoms with van der Waals surface area (Å²) in [6.07, 6.45) is 3.54. The molecule has 0 atom stereocenters. The van der Waals surface area contributed by atoms with Crippen molar-refractivity contribution in [3.8, 4) is 11.3 Å². The Bertz CT molecular complexity index is 417. The van der Waals surface area contributed by atoms with Crippen LogP contribution in [-0.4, -0.2) is 15.0 Å².